The van der Waals surface area contributed by atoms with Crippen LogP contribution >= 0.6 is 0 Å². The van der Waals surface area contributed by atoms with Crippen molar-refractivity contribution < 1.29 is 4.74 Å². The fraction of sp³-hybridized carbons (Fsp3) is 0.667. The van der Waals surface area contributed by atoms with Crippen LogP contribution in [-0.4, -0.2) is 25.8 Å². The van der Waals surface area contributed by atoms with Crippen LogP contribution in [0.3, 0.4) is 0 Å². The van der Waals surface area contributed by atoms with Crippen molar-refractivity contribution in [2.45, 2.75) is 64.5 Å². The van der Waals surface area contributed by atoms with Gasteiger partial charge < -0.3 is 10.1 Å². The first-order valence-electron chi connectivity index (χ1n) is 7.80. The maximum Gasteiger partial charge on any atom is 0.0615 e. The van der Waals surface area contributed by atoms with E-state index >= 15 is 0 Å². The molecule has 0 saturated heterocycles. The zero-order valence-corrected chi connectivity index (χ0v) is 13.8. The minimum absolute atomic E-state index is 0.192. The first-order chi connectivity index (χ1) is 9.49. The molecule has 0 aliphatic rings. The van der Waals surface area contributed by atoms with Gasteiger partial charge in [-0.1, -0.05) is 57.5 Å². The maximum absolute atomic E-state index is 5.31. The van der Waals surface area contributed by atoms with Gasteiger partial charge in [0.05, 0.1) is 6.61 Å². The van der Waals surface area contributed by atoms with Gasteiger partial charge in [0.15, 0.2) is 0 Å². The third-order valence-corrected chi connectivity index (χ3v) is 3.90. The van der Waals surface area contributed by atoms with Gasteiger partial charge in [-0.15, -0.1) is 0 Å². The molecule has 0 heterocycles. The van der Waals surface area contributed by atoms with Crippen molar-refractivity contribution in [1.29, 1.82) is 0 Å². The van der Waals surface area contributed by atoms with Crippen LogP contribution in [0, 0.1) is 0 Å². The molecule has 0 amide bonds. The molecule has 0 spiro atoms. The van der Waals surface area contributed by atoms with E-state index in [0.717, 1.165) is 13.0 Å². The lowest BCUT2D eigenvalue weighted by Crippen LogP contribution is -2.42. The molecule has 20 heavy (non-hydrogen) atoms. The number of hydrogen-bond acceptors (Lipinski definition) is 2. The van der Waals surface area contributed by atoms with Gasteiger partial charge in [-0.2, -0.15) is 0 Å². The van der Waals surface area contributed by atoms with Crippen molar-refractivity contribution in [2.75, 3.05) is 13.7 Å². The summed E-state index contributed by atoms with van der Waals surface area (Å²) in [7, 11) is 1.78. The molecule has 0 radical (unpaired) electrons. The summed E-state index contributed by atoms with van der Waals surface area (Å²) in [4.78, 5) is 0. The Morgan fingerprint density at radius 2 is 1.85 bits per heavy atom. The van der Waals surface area contributed by atoms with E-state index in [-0.39, 0.29) is 5.41 Å². The summed E-state index contributed by atoms with van der Waals surface area (Å²) in [5.74, 6) is 0. The van der Waals surface area contributed by atoms with Crippen LogP contribution in [0.25, 0.3) is 0 Å². The number of benzene rings is 1. The monoisotopic (exact) mass is 277 g/mol. The first-order valence-corrected chi connectivity index (χ1v) is 7.80. The molecule has 0 aliphatic heterocycles. The normalized spacial score (nSPS) is 15.1. The Labute approximate surface area is 124 Å². The number of nitrogens with one attached hydrogen (secondary N) is 1. The van der Waals surface area contributed by atoms with E-state index in [1.165, 1.54) is 18.4 Å². The summed E-state index contributed by atoms with van der Waals surface area (Å²) < 4.78 is 5.31. The van der Waals surface area contributed by atoms with Gasteiger partial charge in [0.1, 0.15) is 0 Å². The van der Waals surface area contributed by atoms with Crippen LogP contribution in [-0.2, 0) is 10.2 Å². The number of hydrogen-bond donors (Lipinski definition) is 1. The Bertz CT molecular complexity index is 355. The molecule has 1 rings (SSSR count). The van der Waals surface area contributed by atoms with Crippen LogP contribution in [0.2, 0.25) is 0 Å². The second-order valence-corrected chi connectivity index (χ2v) is 6.46. The SMILES string of the molecule is CCCC(COC)NC(C)CC(C)(C)c1ccccc1. The summed E-state index contributed by atoms with van der Waals surface area (Å²) in [6.45, 7) is 9.95. The first kappa shape index (κ1) is 17.2. The minimum atomic E-state index is 0.192. The maximum atomic E-state index is 5.31. The highest BCUT2D eigenvalue weighted by Crippen LogP contribution is 2.28. The van der Waals surface area contributed by atoms with Crippen LogP contribution in [0.15, 0.2) is 30.3 Å². The van der Waals surface area contributed by atoms with E-state index in [0.29, 0.717) is 12.1 Å². The van der Waals surface area contributed by atoms with Gasteiger partial charge in [-0.3, -0.25) is 0 Å². The Kier molecular flexibility index (Phi) is 7.25. The predicted octanol–water partition coefficient (Wildman–Crippen LogP) is 4.15. The van der Waals surface area contributed by atoms with Gasteiger partial charge in [-0.25, -0.2) is 0 Å². The van der Waals surface area contributed by atoms with Gasteiger partial charge in [0, 0.05) is 19.2 Å². The molecule has 0 saturated carbocycles. The molecular weight excluding hydrogens is 246 g/mol. The number of methoxy groups -OCH3 is 1. The van der Waals surface area contributed by atoms with Gasteiger partial charge in [0.2, 0.25) is 0 Å². The fourth-order valence-electron chi connectivity index (χ4n) is 3.00. The average molecular weight is 277 g/mol. The van der Waals surface area contributed by atoms with E-state index in [4.69, 9.17) is 4.74 Å². The van der Waals surface area contributed by atoms with Crippen molar-refractivity contribution in [3.63, 3.8) is 0 Å². The van der Waals surface area contributed by atoms with Gasteiger partial charge in [-0.05, 0) is 30.7 Å². The molecule has 2 nitrogen and oxygen atoms in total. The van der Waals surface area contributed by atoms with Crippen LogP contribution < -0.4 is 5.32 Å². The molecule has 0 fully saturated rings. The largest absolute Gasteiger partial charge is 0.383 e. The van der Waals surface area contributed by atoms with Gasteiger partial charge >= 0.3 is 0 Å². The lowest BCUT2D eigenvalue weighted by atomic mass is 9.79. The molecular formula is C18H31NO. The van der Waals surface area contributed by atoms with E-state index in [1.807, 2.05) is 0 Å². The lowest BCUT2D eigenvalue weighted by molar-refractivity contribution is 0.154. The highest BCUT2D eigenvalue weighted by molar-refractivity contribution is 5.23. The van der Waals surface area contributed by atoms with E-state index in [1.54, 1.807) is 7.11 Å². The second kappa shape index (κ2) is 8.43. The highest BCUT2D eigenvalue weighted by Gasteiger charge is 2.24. The Balaban J connectivity index is 2.57. The van der Waals surface area contributed by atoms with E-state index in [2.05, 4.69) is 63.3 Å². The standard InChI is InChI=1S/C18H31NO/c1-6-10-17(14-20-5)19-15(2)13-18(3,4)16-11-8-7-9-12-16/h7-9,11-12,15,17,19H,6,10,13-14H2,1-5H3. The lowest BCUT2D eigenvalue weighted by Gasteiger charge is -2.31. The summed E-state index contributed by atoms with van der Waals surface area (Å²) in [5.41, 5.74) is 1.60. The molecule has 1 aromatic rings. The molecule has 0 aliphatic carbocycles. The second-order valence-electron chi connectivity index (χ2n) is 6.46. The Hall–Kier alpha value is -0.860. The molecule has 114 valence electrons. The molecule has 2 atom stereocenters. The third-order valence-electron chi connectivity index (χ3n) is 3.90. The van der Waals surface area contributed by atoms with Crippen molar-refractivity contribution in [3.05, 3.63) is 35.9 Å². The third kappa shape index (κ3) is 5.64. The molecule has 1 N–H and O–H groups in total. The summed E-state index contributed by atoms with van der Waals surface area (Å²) in [6, 6.07) is 11.7. The zero-order valence-electron chi connectivity index (χ0n) is 13.8. The molecule has 2 heteroatoms. The highest BCUT2D eigenvalue weighted by atomic mass is 16.5. The van der Waals surface area contributed by atoms with Gasteiger partial charge in [0.25, 0.3) is 0 Å². The Morgan fingerprint density at radius 1 is 1.20 bits per heavy atom. The number of rotatable bonds is 9. The Morgan fingerprint density at radius 3 is 2.40 bits per heavy atom. The van der Waals surface area contributed by atoms with E-state index in [9.17, 15) is 0 Å². The van der Waals surface area contributed by atoms with Crippen molar-refractivity contribution >= 4 is 0 Å². The summed E-state index contributed by atoms with van der Waals surface area (Å²) in [6.07, 6.45) is 3.49. The summed E-state index contributed by atoms with van der Waals surface area (Å²) in [5, 5.41) is 3.72. The molecule has 0 aromatic heterocycles. The van der Waals surface area contributed by atoms with Crippen molar-refractivity contribution in [3.8, 4) is 0 Å². The molecule has 1 aromatic carbocycles. The smallest absolute Gasteiger partial charge is 0.0615 e. The van der Waals surface area contributed by atoms with Crippen LogP contribution in [0.5, 0.6) is 0 Å². The fourth-order valence-corrected chi connectivity index (χ4v) is 3.00. The molecule has 0 bridgehead atoms. The van der Waals surface area contributed by atoms with Crippen molar-refractivity contribution in [1.82, 2.24) is 5.32 Å². The molecule has 2 unspecified atom stereocenters. The quantitative estimate of drug-likeness (QED) is 0.732. The minimum Gasteiger partial charge on any atom is -0.383 e. The summed E-state index contributed by atoms with van der Waals surface area (Å²) >= 11 is 0. The zero-order chi connectivity index (χ0) is 15.0. The number of ether oxygens (including phenoxy) is 1. The topological polar surface area (TPSA) is 21.3 Å². The predicted molar refractivity (Wildman–Crippen MR) is 87.3 cm³/mol. The average Bonchev–Trinajstić information content (AvgIpc) is 2.39. The van der Waals surface area contributed by atoms with Crippen LogP contribution in [0.4, 0.5) is 0 Å². The van der Waals surface area contributed by atoms with E-state index < -0.39 is 0 Å². The van der Waals surface area contributed by atoms with Crippen LogP contribution in [0.1, 0.15) is 52.5 Å². The van der Waals surface area contributed by atoms with Crippen molar-refractivity contribution in [2.24, 2.45) is 0 Å².